The first-order valence-corrected chi connectivity index (χ1v) is 5.56. The summed E-state index contributed by atoms with van der Waals surface area (Å²) < 4.78 is 0. The maximum atomic E-state index is 3.89. The zero-order chi connectivity index (χ0) is 10.1. The molecule has 72 valence electrons. The Balaban J connectivity index is 2.22. The average molecular weight is 212 g/mol. The van der Waals surface area contributed by atoms with Gasteiger partial charge in [-0.1, -0.05) is 18.2 Å². The van der Waals surface area contributed by atoms with Crippen LogP contribution >= 0.6 is 11.3 Å². The summed E-state index contributed by atoms with van der Waals surface area (Å²) in [7, 11) is 0. The van der Waals surface area contributed by atoms with Gasteiger partial charge in [0.15, 0.2) is 0 Å². The van der Waals surface area contributed by atoms with Gasteiger partial charge in [0.2, 0.25) is 0 Å². The molecular weight excluding hydrogens is 204 g/mol. The number of hydrogen-bond acceptors (Lipinski definition) is 3. The summed E-state index contributed by atoms with van der Waals surface area (Å²) in [4.78, 5) is 1.29. The molecule has 0 N–H and O–H groups in total. The van der Waals surface area contributed by atoms with Crippen LogP contribution in [0.25, 0.3) is 21.2 Å². The molecule has 3 rings (SSSR count). The van der Waals surface area contributed by atoms with Crippen molar-refractivity contribution in [2.45, 2.75) is 0 Å². The summed E-state index contributed by atoms with van der Waals surface area (Å²) in [6.45, 7) is 0. The molecule has 0 radical (unpaired) electrons. The van der Waals surface area contributed by atoms with Gasteiger partial charge in [-0.25, -0.2) is 0 Å². The topological polar surface area (TPSA) is 25.8 Å². The summed E-state index contributed by atoms with van der Waals surface area (Å²) in [6, 6.07) is 10.5. The summed E-state index contributed by atoms with van der Waals surface area (Å²) in [5.41, 5.74) is 1.24. The normalized spacial score (nSPS) is 10.7. The second kappa shape index (κ2) is 3.44. The number of nitrogens with zero attached hydrogens (tertiary/aromatic N) is 2. The predicted molar refractivity (Wildman–Crippen MR) is 62.9 cm³/mol. The number of aromatic nitrogens is 2. The molecule has 0 bridgehead atoms. The van der Waals surface area contributed by atoms with E-state index in [0.717, 1.165) is 10.8 Å². The Morgan fingerprint density at radius 1 is 0.933 bits per heavy atom. The Bertz CT molecular complexity index is 587. The van der Waals surface area contributed by atoms with Crippen molar-refractivity contribution in [2.75, 3.05) is 0 Å². The number of thiophene rings is 1. The van der Waals surface area contributed by atoms with Crippen molar-refractivity contribution < 1.29 is 0 Å². The molecule has 15 heavy (non-hydrogen) atoms. The number of hydrogen-bond donors (Lipinski definition) is 0. The number of fused-ring (bicyclic) bond motifs is 1. The third-order valence-corrected chi connectivity index (χ3v) is 3.27. The largest absolute Gasteiger partial charge is 0.158 e. The van der Waals surface area contributed by atoms with Crippen LogP contribution in [0.15, 0.2) is 48.1 Å². The van der Waals surface area contributed by atoms with Crippen LogP contribution in [-0.4, -0.2) is 10.2 Å². The molecule has 0 aliphatic carbocycles. The number of benzene rings is 1. The van der Waals surface area contributed by atoms with Crippen LogP contribution in [0, 0.1) is 0 Å². The molecule has 0 atom stereocenters. The van der Waals surface area contributed by atoms with Crippen molar-refractivity contribution in [1.29, 1.82) is 0 Å². The molecule has 2 heterocycles. The van der Waals surface area contributed by atoms with Crippen LogP contribution in [0.1, 0.15) is 0 Å². The first-order chi connectivity index (χ1) is 7.43. The first-order valence-electron chi connectivity index (χ1n) is 4.68. The van der Waals surface area contributed by atoms with E-state index in [1.807, 2.05) is 0 Å². The van der Waals surface area contributed by atoms with E-state index in [-0.39, 0.29) is 0 Å². The lowest BCUT2D eigenvalue weighted by atomic mass is 10.1. The standard InChI is InChI=1S/C12H8N2S/c1-2-12(15-5-1)9-3-4-10-7-13-14-8-11(10)6-9/h1-8H. The third kappa shape index (κ3) is 1.51. The van der Waals surface area contributed by atoms with E-state index in [0.29, 0.717) is 0 Å². The molecule has 2 aromatic heterocycles. The van der Waals surface area contributed by atoms with Gasteiger partial charge in [0.25, 0.3) is 0 Å². The minimum atomic E-state index is 1.13. The van der Waals surface area contributed by atoms with Gasteiger partial charge >= 0.3 is 0 Å². The molecule has 0 aliphatic heterocycles. The second-order valence-electron chi connectivity index (χ2n) is 3.31. The van der Waals surface area contributed by atoms with Crippen molar-refractivity contribution in [3.8, 4) is 10.4 Å². The van der Waals surface area contributed by atoms with Gasteiger partial charge in [0.05, 0.1) is 12.4 Å². The van der Waals surface area contributed by atoms with E-state index in [1.165, 1.54) is 10.4 Å². The van der Waals surface area contributed by atoms with Gasteiger partial charge in [-0.05, 0) is 23.1 Å². The lowest BCUT2D eigenvalue weighted by Gasteiger charge is -1.99. The minimum Gasteiger partial charge on any atom is -0.158 e. The van der Waals surface area contributed by atoms with E-state index >= 15 is 0 Å². The molecular formula is C12H8N2S. The monoisotopic (exact) mass is 212 g/mol. The van der Waals surface area contributed by atoms with Crippen LogP contribution < -0.4 is 0 Å². The molecule has 1 aromatic carbocycles. The predicted octanol–water partition coefficient (Wildman–Crippen LogP) is 3.36. The minimum absolute atomic E-state index is 1.13. The first kappa shape index (κ1) is 8.56. The lowest BCUT2D eigenvalue weighted by Crippen LogP contribution is -1.80. The third-order valence-electron chi connectivity index (χ3n) is 2.35. The fourth-order valence-corrected chi connectivity index (χ4v) is 2.32. The highest BCUT2D eigenvalue weighted by Gasteiger charge is 2.00. The van der Waals surface area contributed by atoms with Gasteiger partial charge in [-0.3, -0.25) is 0 Å². The lowest BCUT2D eigenvalue weighted by molar-refractivity contribution is 1.05. The Kier molecular flexibility index (Phi) is 1.96. The van der Waals surface area contributed by atoms with Crippen LogP contribution in [0.5, 0.6) is 0 Å². The SMILES string of the molecule is c1csc(-c2ccc3cnncc3c2)c1. The van der Waals surface area contributed by atoms with E-state index in [2.05, 4.69) is 45.9 Å². The van der Waals surface area contributed by atoms with E-state index in [4.69, 9.17) is 0 Å². The van der Waals surface area contributed by atoms with Gasteiger partial charge in [0.1, 0.15) is 0 Å². The zero-order valence-electron chi connectivity index (χ0n) is 7.92. The summed E-state index contributed by atoms with van der Waals surface area (Å²) in [5.74, 6) is 0. The summed E-state index contributed by atoms with van der Waals surface area (Å²) in [5, 5.41) is 12.1. The molecule has 0 saturated heterocycles. The molecule has 0 amide bonds. The Labute approximate surface area is 91.2 Å². The van der Waals surface area contributed by atoms with E-state index in [1.54, 1.807) is 23.7 Å². The maximum Gasteiger partial charge on any atom is 0.0574 e. The highest BCUT2D eigenvalue weighted by Crippen LogP contribution is 2.27. The smallest absolute Gasteiger partial charge is 0.0574 e. The molecule has 0 spiro atoms. The molecule has 3 aromatic rings. The van der Waals surface area contributed by atoms with Crippen molar-refractivity contribution >= 4 is 22.1 Å². The van der Waals surface area contributed by atoms with Crippen molar-refractivity contribution in [1.82, 2.24) is 10.2 Å². The van der Waals surface area contributed by atoms with Gasteiger partial charge in [0, 0.05) is 15.6 Å². The maximum absolute atomic E-state index is 3.89. The Morgan fingerprint density at radius 2 is 1.80 bits per heavy atom. The number of rotatable bonds is 1. The Morgan fingerprint density at radius 3 is 2.60 bits per heavy atom. The van der Waals surface area contributed by atoms with Crippen LogP contribution in [-0.2, 0) is 0 Å². The van der Waals surface area contributed by atoms with Crippen molar-refractivity contribution in [3.05, 3.63) is 48.1 Å². The summed E-state index contributed by atoms with van der Waals surface area (Å²) >= 11 is 1.75. The molecule has 0 unspecified atom stereocenters. The fraction of sp³-hybridized carbons (Fsp3) is 0. The van der Waals surface area contributed by atoms with Crippen LogP contribution in [0.4, 0.5) is 0 Å². The van der Waals surface area contributed by atoms with E-state index in [9.17, 15) is 0 Å². The van der Waals surface area contributed by atoms with Crippen molar-refractivity contribution in [3.63, 3.8) is 0 Å². The quantitative estimate of drug-likeness (QED) is 0.618. The fourth-order valence-electron chi connectivity index (χ4n) is 1.59. The van der Waals surface area contributed by atoms with Gasteiger partial charge in [-0.15, -0.1) is 11.3 Å². The van der Waals surface area contributed by atoms with E-state index < -0.39 is 0 Å². The molecule has 0 fully saturated rings. The highest BCUT2D eigenvalue weighted by atomic mass is 32.1. The van der Waals surface area contributed by atoms with Crippen molar-refractivity contribution in [2.24, 2.45) is 0 Å². The van der Waals surface area contributed by atoms with Crippen LogP contribution in [0.2, 0.25) is 0 Å². The second-order valence-corrected chi connectivity index (χ2v) is 4.26. The molecule has 0 aliphatic rings. The zero-order valence-corrected chi connectivity index (χ0v) is 8.74. The summed E-state index contributed by atoms with van der Waals surface area (Å²) in [6.07, 6.45) is 3.58. The molecule has 0 saturated carbocycles. The van der Waals surface area contributed by atoms with Crippen LogP contribution in [0.3, 0.4) is 0 Å². The average Bonchev–Trinajstić information content (AvgIpc) is 2.82. The highest BCUT2D eigenvalue weighted by molar-refractivity contribution is 7.13. The van der Waals surface area contributed by atoms with Gasteiger partial charge in [-0.2, -0.15) is 10.2 Å². The van der Waals surface area contributed by atoms with Gasteiger partial charge < -0.3 is 0 Å². The molecule has 3 heteroatoms. The molecule has 2 nitrogen and oxygen atoms in total. The Hall–Kier alpha value is -1.74.